The maximum absolute atomic E-state index is 10.7. The molecule has 3 aromatic carbocycles. The van der Waals surface area contributed by atoms with Gasteiger partial charge in [-0.05, 0) is 52.9 Å². The van der Waals surface area contributed by atoms with Crippen molar-refractivity contribution < 1.29 is 5.11 Å². The Morgan fingerprint density at radius 1 is 1.08 bits per heavy atom. The van der Waals surface area contributed by atoms with Crippen LogP contribution in [0.5, 0.6) is 5.75 Å². The molecule has 0 saturated carbocycles. The van der Waals surface area contributed by atoms with Crippen molar-refractivity contribution in [3.63, 3.8) is 0 Å². The molecule has 5 rings (SSSR count). The average molecular weight is 338 g/mol. The van der Waals surface area contributed by atoms with Crippen LogP contribution >= 0.6 is 0 Å². The SMILES string of the molecule is N#Cc1ccc2c(c1)C1C=CCC1C(c1c(O)ccc3ccccc13)N2. The molecule has 3 heteroatoms. The predicted octanol–water partition coefficient (Wildman–Crippen LogP) is 5.24. The lowest BCUT2D eigenvalue weighted by Crippen LogP contribution is -2.29. The molecular formula is C23H18N2O. The minimum Gasteiger partial charge on any atom is -0.508 e. The van der Waals surface area contributed by atoms with Crippen molar-refractivity contribution in [2.45, 2.75) is 18.4 Å². The Balaban J connectivity index is 1.70. The number of nitrogens with one attached hydrogen (secondary N) is 1. The second-order valence-electron chi connectivity index (χ2n) is 7.11. The van der Waals surface area contributed by atoms with Crippen molar-refractivity contribution in [2.75, 3.05) is 5.32 Å². The van der Waals surface area contributed by atoms with Gasteiger partial charge in [0.2, 0.25) is 0 Å². The van der Waals surface area contributed by atoms with Crippen LogP contribution in [-0.4, -0.2) is 5.11 Å². The van der Waals surface area contributed by atoms with Crippen LogP contribution in [-0.2, 0) is 0 Å². The summed E-state index contributed by atoms with van der Waals surface area (Å²) < 4.78 is 0. The minimum absolute atomic E-state index is 0.0292. The lowest BCUT2D eigenvalue weighted by molar-refractivity contribution is 0.404. The van der Waals surface area contributed by atoms with Crippen LogP contribution in [0.15, 0.2) is 66.7 Å². The monoisotopic (exact) mass is 338 g/mol. The number of nitrogens with zero attached hydrogens (tertiary/aromatic N) is 1. The third kappa shape index (κ3) is 2.12. The van der Waals surface area contributed by atoms with Gasteiger partial charge in [-0.3, -0.25) is 0 Å². The zero-order valence-corrected chi connectivity index (χ0v) is 14.2. The van der Waals surface area contributed by atoms with Crippen molar-refractivity contribution in [3.8, 4) is 11.8 Å². The first kappa shape index (κ1) is 15.0. The van der Waals surface area contributed by atoms with Crippen LogP contribution in [0.1, 0.15) is 35.1 Å². The summed E-state index contributed by atoms with van der Waals surface area (Å²) in [7, 11) is 0. The van der Waals surface area contributed by atoms with E-state index >= 15 is 0 Å². The van der Waals surface area contributed by atoms with Gasteiger partial charge in [-0.1, -0.05) is 42.5 Å². The van der Waals surface area contributed by atoms with Crippen molar-refractivity contribution >= 4 is 16.5 Å². The summed E-state index contributed by atoms with van der Waals surface area (Å²) in [6, 6.07) is 20.1. The van der Waals surface area contributed by atoms with Gasteiger partial charge >= 0.3 is 0 Å². The zero-order valence-electron chi connectivity index (χ0n) is 14.2. The average Bonchev–Trinajstić information content (AvgIpc) is 3.17. The number of benzene rings is 3. The van der Waals surface area contributed by atoms with Gasteiger partial charge in [0.05, 0.1) is 17.7 Å². The van der Waals surface area contributed by atoms with Crippen molar-refractivity contribution in [2.24, 2.45) is 5.92 Å². The van der Waals surface area contributed by atoms with Crippen molar-refractivity contribution in [3.05, 3.63) is 83.4 Å². The highest BCUT2D eigenvalue weighted by Gasteiger charge is 2.39. The third-order valence-electron chi connectivity index (χ3n) is 5.75. The molecule has 26 heavy (non-hydrogen) atoms. The fourth-order valence-electron chi connectivity index (χ4n) is 4.56. The molecule has 3 unspecified atom stereocenters. The van der Waals surface area contributed by atoms with Gasteiger partial charge in [0, 0.05) is 17.2 Å². The highest BCUT2D eigenvalue weighted by Crippen LogP contribution is 2.52. The molecule has 0 fully saturated rings. The van der Waals surface area contributed by atoms with E-state index in [1.165, 1.54) is 5.56 Å². The molecule has 0 aromatic heterocycles. The molecule has 0 amide bonds. The van der Waals surface area contributed by atoms with Crippen molar-refractivity contribution in [1.82, 2.24) is 0 Å². The summed E-state index contributed by atoms with van der Waals surface area (Å²) in [5.41, 5.74) is 3.89. The molecule has 2 aliphatic rings. The Bertz CT molecular complexity index is 1090. The Morgan fingerprint density at radius 3 is 2.85 bits per heavy atom. The summed E-state index contributed by atoms with van der Waals surface area (Å²) >= 11 is 0. The first-order valence-electron chi connectivity index (χ1n) is 8.94. The van der Waals surface area contributed by atoms with Gasteiger partial charge in [-0.25, -0.2) is 0 Å². The highest BCUT2D eigenvalue weighted by molar-refractivity contribution is 5.89. The molecule has 2 N–H and O–H groups in total. The number of hydrogen-bond donors (Lipinski definition) is 2. The predicted molar refractivity (Wildman–Crippen MR) is 103 cm³/mol. The lowest BCUT2D eigenvalue weighted by atomic mass is 9.75. The lowest BCUT2D eigenvalue weighted by Gasteiger charge is -2.38. The number of fused-ring (bicyclic) bond motifs is 4. The maximum atomic E-state index is 10.7. The highest BCUT2D eigenvalue weighted by atomic mass is 16.3. The van der Waals surface area contributed by atoms with Gasteiger partial charge in [0.15, 0.2) is 0 Å². The first-order valence-corrected chi connectivity index (χ1v) is 8.94. The van der Waals surface area contributed by atoms with Crippen LogP contribution < -0.4 is 5.32 Å². The molecule has 3 atom stereocenters. The van der Waals surface area contributed by atoms with E-state index < -0.39 is 0 Å². The molecule has 126 valence electrons. The van der Waals surface area contributed by atoms with Crippen LogP contribution in [0, 0.1) is 17.2 Å². The second-order valence-corrected chi connectivity index (χ2v) is 7.11. The molecule has 3 nitrogen and oxygen atoms in total. The van der Waals surface area contributed by atoms with E-state index in [1.807, 2.05) is 36.4 Å². The van der Waals surface area contributed by atoms with Gasteiger partial charge < -0.3 is 10.4 Å². The number of aromatic hydroxyl groups is 1. The van der Waals surface area contributed by atoms with Gasteiger partial charge in [-0.15, -0.1) is 0 Å². The topological polar surface area (TPSA) is 56.0 Å². The number of hydrogen-bond acceptors (Lipinski definition) is 3. The van der Waals surface area contributed by atoms with E-state index in [9.17, 15) is 10.4 Å². The summed E-state index contributed by atoms with van der Waals surface area (Å²) in [4.78, 5) is 0. The molecule has 0 radical (unpaired) electrons. The third-order valence-corrected chi connectivity index (χ3v) is 5.75. The number of rotatable bonds is 1. The van der Waals surface area contributed by atoms with E-state index in [2.05, 4.69) is 35.7 Å². The zero-order chi connectivity index (χ0) is 17.7. The fraction of sp³-hybridized carbons (Fsp3) is 0.174. The van der Waals surface area contributed by atoms with E-state index in [4.69, 9.17) is 0 Å². The summed E-state index contributed by atoms with van der Waals surface area (Å²) in [5, 5.41) is 25.8. The van der Waals surface area contributed by atoms with Crippen LogP contribution in [0.3, 0.4) is 0 Å². The standard InChI is InChI=1S/C23H18N2O/c24-13-14-8-10-20-19(12-14)17-6-3-7-18(17)23(25-20)22-16-5-2-1-4-15(16)9-11-21(22)26/h1-6,8-12,17-18,23,25-26H,7H2. The quantitative estimate of drug-likeness (QED) is 0.596. The smallest absolute Gasteiger partial charge is 0.121 e. The number of allylic oxidation sites excluding steroid dienone is 2. The Hall–Kier alpha value is -3.25. The van der Waals surface area contributed by atoms with Crippen LogP contribution in [0.4, 0.5) is 5.69 Å². The molecule has 1 aliphatic carbocycles. The molecule has 0 saturated heterocycles. The maximum Gasteiger partial charge on any atom is 0.121 e. The second kappa shape index (κ2) is 5.64. The van der Waals surface area contributed by atoms with Gasteiger partial charge in [0.1, 0.15) is 5.75 Å². The van der Waals surface area contributed by atoms with Crippen LogP contribution in [0.2, 0.25) is 0 Å². The first-order chi connectivity index (χ1) is 12.8. The molecule has 0 bridgehead atoms. The van der Waals surface area contributed by atoms with E-state index in [-0.39, 0.29) is 12.0 Å². The van der Waals surface area contributed by atoms with Gasteiger partial charge in [-0.2, -0.15) is 5.26 Å². The largest absolute Gasteiger partial charge is 0.508 e. The molecule has 1 aliphatic heterocycles. The van der Waals surface area contributed by atoms with Crippen molar-refractivity contribution in [1.29, 1.82) is 5.26 Å². The molecular weight excluding hydrogens is 320 g/mol. The Morgan fingerprint density at radius 2 is 1.96 bits per heavy atom. The Labute approximate surface area is 152 Å². The number of nitriles is 1. The summed E-state index contributed by atoms with van der Waals surface area (Å²) in [6.45, 7) is 0. The number of phenolic OH excluding ortho intramolecular Hbond substituents is 1. The van der Waals surface area contributed by atoms with Gasteiger partial charge in [0.25, 0.3) is 0 Å². The van der Waals surface area contributed by atoms with Crippen LogP contribution in [0.25, 0.3) is 10.8 Å². The van der Waals surface area contributed by atoms with E-state index in [1.54, 1.807) is 6.07 Å². The van der Waals surface area contributed by atoms with E-state index in [0.29, 0.717) is 17.2 Å². The van der Waals surface area contributed by atoms with E-state index in [0.717, 1.165) is 28.4 Å². The summed E-state index contributed by atoms with van der Waals surface area (Å²) in [5.74, 6) is 0.931. The number of anilines is 1. The summed E-state index contributed by atoms with van der Waals surface area (Å²) in [6.07, 6.45) is 5.43. The number of phenols is 1. The Kier molecular flexibility index (Phi) is 3.26. The fourth-order valence-corrected chi connectivity index (χ4v) is 4.56. The molecule has 0 spiro atoms. The molecule has 1 heterocycles. The minimum atomic E-state index is 0.0292. The normalized spacial score (nSPS) is 23.1. The molecule has 3 aromatic rings.